The molecule has 0 aliphatic carbocycles. The van der Waals surface area contributed by atoms with Gasteiger partial charge >= 0.3 is 5.97 Å². The zero-order valence-corrected chi connectivity index (χ0v) is 9.77. The lowest BCUT2D eigenvalue weighted by molar-refractivity contribution is -0.143. The first-order valence-corrected chi connectivity index (χ1v) is 5.56. The van der Waals surface area contributed by atoms with E-state index in [1.807, 2.05) is 24.3 Å². The van der Waals surface area contributed by atoms with Crippen LogP contribution >= 0.6 is 0 Å². The lowest BCUT2D eigenvalue weighted by Crippen LogP contribution is -2.05. The van der Waals surface area contributed by atoms with Gasteiger partial charge in [0.1, 0.15) is 0 Å². The van der Waals surface area contributed by atoms with Crippen LogP contribution in [-0.4, -0.2) is 17.7 Å². The van der Waals surface area contributed by atoms with Gasteiger partial charge in [0.15, 0.2) is 0 Å². The molecule has 1 rings (SSSR count). The van der Waals surface area contributed by atoms with E-state index in [9.17, 15) is 9.90 Å². The van der Waals surface area contributed by atoms with Gasteiger partial charge in [-0.15, -0.1) is 0 Å². The summed E-state index contributed by atoms with van der Waals surface area (Å²) in [7, 11) is 0. The maximum Gasteiger partial charge on any atom is 0.306 e. The molecule has 3 heteroatoms. The second kappa shape index (κ2) is 6.28. The Labute approximate surface area is 96.1 Å². The van der Waals surface area contributed by atoms with E-state index in [0.29, 0.717) is 19.4 Å². The average Bonchev–Trinajstić information content (AvgIpc) is 2.27. The second-order valence-electron chi connectivity index (χ2n) is 3.72. The van der Waals surface area contributed by atoms with Crippen molar-refractivity contribution in [3.05, 3.63) is 35.4 Å². The van der Waals surface area contributed by atoms with Crippen LogP contribution in [0.2, 0.25) is 0 Å². The predicted octanol–water partition coefficient (Wildman–Crippen LogP) is 2.24. The number of ether oxygens (including phenoxy) is 1. The second-order valence-corrected chi connectivity index (χ2v) is 3.72. The highest BCUT2D eigenvalue weighted by atomic mass is 16.5. The molecule has 0 heterocycles. The van der Waals surface area contributed by atoms with Crippen LogP contribution in [0.3, 0.4) is 0 Å². The SMILES string of the molecule is CCOC(=O)CCc1ccc(C(C)O)cc1. The third kappa shape index (κ3) is 4.03. The van der Waals surface area contributed by atoms with Crippen LogP contribution in [0.4, 0.5) is 0 Å². The van der Waals surface area contributed by atoms with Gasteiger partial charge < -0.3 is 9.84 Å². The summed E-state index contributed by atoms with van der Waals surface area (Å²) in [5.74, 6) is -0.165. The first-order valence-electron chi connectivity index (χ1n) is 5.56. The van der Waals surface area contributed by atoms with Gasteiger partial charge in [0, 0.05) is 6.42 Å². The molecule has 88 valence electrons. The minimum absolute atomic E-state index is 0.165. The molecule has 0 radical (unpaired) electrons. The largest absolute Gasteiger partial charge is 0.466 e. The van der Waals surface area contributed by atoms with Crippen molar-refractivity contribution < 1.29 is 14.6 Å². The van der Waals surface area contributed by atoms with Gasteiger partial charge in [0.2, 0.25) is 0 Å². The summed E-state index contributed by atoms with van der Waals surface area (Å²) in [5, 5.41) is 9.33. The molecule has 1 unspecified atom stereocenters. The van der Waals surface area contributed by atoms with Crippen LogP contribution in [0, 0.1) is 0 Å². The molecule has 1 atom stereocenters. The van der Waals surface area contributed by atoms with Crippen LogP contribution in [-0.2, 0) is 16.0 Å². The van der Waals surface area contributed by atoms with Gasteiger partial charge in [-0.05, 0) is 31.4 Å². The summed E-state index contributed by atoms with van der Waals surface area (Å²) in [6.45, 7) is 3.96. The molecule has 1 N–H and O–H groups in total. The topological polar surface area (TPSA) is 46.5 Å². The molecule has 0 amide bonds. The van der Waals surface area contributed by atoms with E-state index >= 15 is 0 Å². The van der Waals surface area contributed by atoms with Crippen molar-refractivity contribution in [1.82, 2.24) is 0 Å². The number of aryl methyl sites for hydroxylation is 1. The maximum atomic E-state index is 11.1. The molecule has 1 aromatic rings. The normalized spacial score (nSPS) is 12.2. The van der Waals surface area contributed by atoms with Crippen LogP contribution < -0.4 is 0 Å². The molecule has 1 aromatic carbocycles. The lowest BCUT2D eigenvalue weighted by atomic mass is 10.1. The average molecular weight is 222 g/mol. The van der Waals surface area contributed by atoms with Crippen molar-refractivity contribution in [3.8, 4) is 0 Å². The first kappa shape index (κ1) is 12.7. The number of rotatable bonds is 5. The third-order valence-corrected chi connectivity index (χ3v) is 2.39. The minimum atomic E-state index is -0.445. The zero-order valence-electron chi connectivity index (χ0n) is 9.77. The quantitative estimate of drug-likeness (QED) is 0.777. The highest BCUT2D eigenvalue weighted by Crippen LogP contribution is 2.13. The van der Waals surface area contributed by atoms with Crippen LogP contribution in [0.5, 0.6) is 0 Å². The molecular formula is C13H18O3. The highest BCUT2D eigenvalue weighted by Gasteiger charge is 2.04. The summed E-state index contributed by atoms with van der Waals surface area (Å²) in [6, 6.07) is 7.62. The summed E-state index contributed by atoms with van der Waals surface area (Å²) in [5.41, 5.74) is 1.97. The third-order valence-electron chi connectivity index (χ3n) is 2.39. The van der Waals surface area contributed by atoms with E-state index in [1.165, 1.54) is 0 Å². The maximum absolute atomic E-state index is 11.1. The standard InChI is InChI=1S/C13H18O3/c1-3-16-13(15)9-6-11-4-7-12(8-5-11)10(2)14/h4-5,7-8,10,14H,3,6,9H2,1-2H3. The molecule has 0 saturated carbocycles. The molecule has 0 fully saturated rings. The Morgan fingerprint density at radius 3 is 2.50 bits per heavy atom. The molecule has 0 bridgehead atoms. The fourth-order valence-corrected chi connectivity index (χ4v) is 1.44. The summed E-state index contributed by atoms with van der Waals surface area (Å²) in [6.07, 6.45) is 0.639. The number of aliphatic hydroxyl groups excluding tert-OH is 1. The van der Waals surface area contributed by atoms with Crippen molar-refractivity contribution in [2.24, 2.45) is 0 Å². The van der Waals surface area contributed by atoms with E-state index in [0.717, 1.165) is 11.1 Å². The highest BCUT2D eigenvalue weighted by molar-refractivity contribution is 5.69. The summed E-state index contributed by atoms with van der Waals surface area (Å²) < 4.78 is 4.85. The monoisotopic (exact) mass is 222 g/mol. The number of benzene rings is 1. The van der Waals surface area contributed by atoms with Gasteiger partial charge in [-0.3, -0.25) is 4.79 Å². The smallest absolute Gasteiger partial charge is 0.306 e. The van der Waals surface area contributed by atoms with Gasteiger partial charge in [0.25, 0.3) is 0 Å². The van der Waals surface area contributed by atoms with Crippen LogP contribution in [0.15, 0.2) is 24.3 Å². The molecule has 16 heavy (non-hydrogen) atoms. The van der Waals surface area contributed by atoms with Crippen molar-refractivity contribution in [2.75, 3.05) is 6.61 Å². The van der Waals surface area contributed by atoms with E-state index < -0.39 is 6.10 Å². The number of carbonyl (C=O) groups is 1. The van der Waals surface area contributed by atoms with Gasteiger partial charge in [-0.25, -0.2) is 0 Å². The number of carbonyl (C=O) groups excluding carboxylic acids is 1. The number of aliphatic hydroxyl groups is 1. The molecular weight excluding hydrogens is 204 g/mol. The Bertz CT molecular complexity index is 328. The Hall–Kier alpha value is -1.35. The van der Waals surface area contributed by atoms with Crippen LogP contribution in [0.1, 0.15) is 37.5 Å². The van der Waals surface area contributed by atoms with Crippen molar-refractivity contribution >= 4 is 5.97 Å². The lowest BCUT2D eigenvalue weighted by Gasteiger charge is -2.06. The van der Waals surface area contributed by atoms with E-state index in [2.05, 4.69) is 0 Å². The Balaban J connectivity index is 2.46. The van der Waals surface area contributed by atoms with Gasteiger partial charge in [0.05, 0.1) is 12.7 Å². The molecule has 0 aliphatic heterocycles. The Morgan fingerprint density at radius 2 is 2.00 bits per heavy atom. The van der Waals surface area contributed by atoms with E-state index in [4.69, 9.17) is 4.74 Å². The van der Waals surface area contributed by atoms with Crippen molar-refractivity contribution in [1.29, 1.82) is 0 Å². The Kier molecular flexibility index (Phi) is 4.99. The fourth-order valence-electron chi connectivity index (χ4n) is 1.44. The molecule has 0 saturated heterocycles. The van der Waals surface area contributed by atoms with Crippen molar-refractivity contribution in [2.45, 2.75) is 32.8 Å². The summed E-state index contributed by atoms with van der Waals surface area (Å²) in [4.78, 5) is 11.1. The summed E-state index contributed by atoms with van der Waals surface area (Å²) >= 11 is 0. The van der Waals surface area contributed by atoms with Gasteiger partial charge in [-0.2, -0.15) is 0 Å². The number of hydrogen-bond donors (Lipinski definition) is 1. The molecule has 3 nitrogen and oxygen atoms in total. The van der Waals surface area contributed by atoms with E-state index in [1.54, 1.807) is 13.8 Å². The number of esters is 1. The zero-order chi connectivity index (χ0) is 12.0. The van der Waals surface area contributed by atoms with Crippen LogP contribution in [0.25, 0.3) is 0 Å². The first-order chi connectivity index (χ1) is 7.63. The van der Waals surface area contributed by atoms with Crippen molar-refractivity contribution in [3.63, 3.8) is 0 Å². The fraction of sp³-hybridized carbons (Fsp3) is 0.462. The molecule has 0 aliphatic rings. The number of hydrogen-bond acceptors (Lipinski definition) is 3. The molecule has 0 spiro atoms. The predicted molar refractivity (Wildman–Crippen MR) is 62.0 cm³/mol. The van der Waals surface area contributed by atoms with Gasteiger partial charge in [-0.1, -0.05) is 24.3 Å². The van der Waals surface area contributed by atoms with E-state index in [-0.39, 0.29) is 5.97 Å². The minimum Gasteiger partial charge on any atom is -0.466 e. The Morgan fingerprint density at radius 1 is 1.38 bits per heavy atom. The molecule has 0 aromatic heterocycles.